The molecule has 1 rings (SSSR count). The van der Waals surface area contributed by atoms with E-state index in [1.807, 2.05) is 0 Å². The van der Waals surface area contributed by atoms with Crippen LogP contribution in [0.4, 0.5) is 0 Å². The summed E-state index contributed by atoms with van der Waals surface area (Å²) in [4.78, 5) is 23.1. The van der Waals surface area contributed by atoms with Crippen molar-refractivity contribution in [2.45, 2.75) is 30.9 Å². The van der Waals surface area contributed by atoms with E-state index in [-0.39, 0.29) is 11.6 Å². The van der Waals surface area contributed by atoms with Crippen LogP contribution >= 0.6 is 11.8 Å². The van der Waals surface area contributed by atoms with Crippen molar-refractivity contribution < 1.29 is 14.0 Å². The zero-order chi connectivity index (χ0) is 10.7. The average molecular weight is 212 g/mol. The Kier molecular flexibility index (Phi) is 3.52. The first-order valence-corrected chi connectivity index (χ1v) is 5.12. The van der Waals surface area contributed by atoms with Gasteiger partial charge in [-0.25, -0.2) is 0 Å². The Hall–Kier alpha value is -1.03. The number of hydrogen-bond acceptors (Lipinski definition) is 4. The third-order valence-electron chi connectivity index (χ3n) is 1.79. The van der Waals surface area contributed by atoms with Gasteiger partial charge in [0.25, 0.3) is 0 Å². The Bertz CT molecular complexity index is 340. The molecule has 3 nitrogen and oxygen atoms in total. The summed E-state index contributed by atoms with van der Waals surface area (Å²) in [6.45, 7) is 4.66. The highest BCUT2D eigenvalue weighted by Gasteiger charge is 2.22. The molecule has 14 heavy (non-hydrogen) atoms. The van der Waals surface area contributed by atoms with Crippen molar-refractivity contribution in [2.24, 2.45) is 0 Å². The largest absolute Gasteiger partial charge is 0.468 e. The highest BCUT2D eigenvalue weighted by molar-refractivity contribution is 8.01. The van der Waals surface area contributed by atoms with Crippen LogP contribution in [-0.4, -0.2) is 16.8 Å². The fourth-order valence-electron chi connectivity index (χ4n) is 1.07. The molecule has 0 atom stereocenters. The molecule has 0 saturated heterocycles. The van der Waals surface area contributed by atoms with Crippen LogP contribution in [0.3, 0.4) is 0 Å². The quantitative estimate of drug-likeness (QED) is 0.567. The SMILES string of the molecule is CC(=O)C(Sc1ccoc1C)C(C)=O. The molecule has 1 aromatic rings. The van der Waals surface area contributed by atoms with E-state index in [1.165, 1.54) is 25.6 Å². The van der Waals surface area contributed by atoms with Crippen LogP contribution in [0.15, 0.2) is 21.6 Å². The molecule has 0 N–H and O–H groups in total. The van der Waals surface area contributed by atoms with E-state index < -0.39 is 5.25 Å². The lowest BCUT2D eigenvalue weighted by Crippen LogP contribution is -2.22. The zero-order valence-corrected chi connectivity index (χ0v) is 9.18. The molecular weight excluding hydrogens is 200 g/mol. The van der Waals surface area contributed by atoms with Gasteiger partial charge in [0, 0.05) is 4.90 Å². The van der Waals surface area contributed by atoms with Crippen molar-refractivity contribution in [3.05, 3.63) is 18.1 Å². The van der Waals surface area contributed by atoms with Crippen LogP contribution in [0.2, 0.25) is 0 Å². The van der Waals surface area contributed by atoms with Crippen LogP contribution < -0.4 is 0 Å². The third-order valence-corrected chi connectivity index (χ3v) is 3.37. The van der Waals surface area contributed by atoms with Crippen LogP contribution in [0.1, 0.15) is 19.6 Å². The number of carbonyl (C=O) groups excluding carboxylic acids is 2. The van der Waals surface area contributed by atoms with Gasteiger partial charge in [0.05, 0.1) is 6.26 Å². The monoisotopic (exact) mass is 212 g/mol. The van der Waals surface area contributed by atoms with Gasteiger partial charge in [-0.3, -0.25) is 9.59 Å². The molecule has 0 spiro atoms. The molecular formula is C10H12O3S. The first-order valence-electron chi connectivity index (χ1n) is 4.24. The number of Topliss-reactive ketones (excluding diaryl/α,β-unsaturated/α-hetero) is 2. The Morgan fingerprint density at radius 3 is 2.29 bits per heavy atom. The highest BCUT2D eigenvalue weighted by atomic mass is 32.2. The Balaban J connectivity index is 2.80. The summed E-state index contributed by atoms with van der Waals surface area (Å²) in [5.41, 5.74) is 0. The summed E-state index contributed by atoms with van der Waals surface area (Å²) in [6, 6.07) is 1.76. The summed E-state index contributed by atoms with van der Waals surface area (Å²) in [5, 5.41) is -0.605. The molecule has 0 aliphatic rings. The molecule has 0 saturated carbocycles. The number of thioether (sulfide) groups is 1. The van der Waals surface area contributed by atoms with Crippen LogP contribution in [-0.2, 0) is 9.59 Å². The van der Waals surface area contributed by atoms with Gasteiger partial charge in [0.2, 0.25) is 0 Å². The molecule has 76 valence electrons. The lowest BCUT2D eigenvalue weighted by atomic mass is 10.2. The van der Waals surface area contributed by atoms with Crippen molar-refractivity contribution in [1.82, 2.24) is 0 Å². The predicted molar refractivity (Wildman–Crippen MR) is 54.5 cm³/mol. The second-order valence-corrected chi connectivity index (χ2v) is 4.21. The van der Waals surface area contributed by atoms with E-state index in [0.717, 1.165) is 10.7 Å². The van der Waals surface area contributed by atoms with E-state index in [0.29, 0.717) is 0 Å². The van der Waals surface area contributed by atoms with E-state index in [2.05, 4.69) is 0 Å². The molecule has 1 aromatic heterocycles. The van der Waals surface area contributed by atoms with Gasteiger partial charge in [-0.1, -0.05) is 0 Å². The standard InChI is InChI=1S/C10H12O3S/c1-6(11)10(7(2)12)14-9-4-5-13-8(9)3/h4-5,10H,1-3H3. The minimum absolute atomic E-state index is 0.122. The lowest BCUT2D eigenvalue weighted by molar-refractivity contribution is -0.123. The van der Waals surface area contributed by atoms with E-state index in [4.69, 9.17) is 4.42 Å². The number of rotatable bonds is 4. The first-order chi connectivity index (χ1) is 6.52. The number of hydrogen-bond donors (Lipinski definition) is 0. The van der Waals surface area contributed by atoms with Crippen molar-refractivity contribution in [3.8, 4) is 0 Å². The topological polar surface area (TPSA) is 47.3 Å². The van der Waals surface area contributed by atoms with Gasteiger partial charge in [-0.05, 0) is 26.8 Å². The Morgan fingerprint density at radius 1 is 1.36 bits per heavy atom. The van der Waals surface area contributed by atoms with Gasteiger partial charge in [-0.15, -0.1) is 11.8 Å². The fourth-order valence-corrected chi connectivity index (χ4v) is 2.01. The summed E-state index contributed by atoms with van der Waals surface area (Å²) >= 11 is 1.25. The maximum Gasteiger partial charge on any atom is 0.150 e. The highest BCUT2D eigenvalue weighted by Crippen LogP contribution is 2.28. The van der Waals surface area contributed by atoms with Gasteiger partial charge in [-0.2, -0.15) is 0 Å². The molecule has 1 heterocycles. The molecule has 0 radical (unpaired) electrons. The molecule has 0 fully saturated rings. The zero-order valence-electron chi connectivity index (χ0n) is 8.37. The summed E-state index contributed by atoms with van der Waals surface area (Å²) < 4.78 is 5.08. The number of furan rings is 1. The third kappa shape index (κ3) is 2.48. The summed E-state index contributed by atoms with van der Waals surface area (Å²) in [7, 11) is 0. The van der Waals surface area contributed by atoms with Crippen molar-refractivity contribution in [3.63, 3.8) is 0 Å². The molecule has 0 aliphatic carbocycles. The van der Waals surface area contributed by atoms with Crippen molar-refractivity contribution in [1.29, 1.82) is 0 Å². The first kappa shape index (κ1) is 11.0. The number of carbonyl (C=O) groups is 2. The van der Waals surface area contributed by atoms with Crippen LogP contribution in [0.25, 0.3) is 0 Å². The molecule has 4 heteroatoms. The minimum atomic E-state index is -0.605. The second kappa shape index (κ2) is 4.46. The Labute approximate surface area is 86.9 Å². The predicted octanol–water partition coefficient (Wildman–Crippen LogP) is 2.23. The summed E-state index contributed by atoms with van der Waals surface area (Å²) in [6.07, 6.45) is 1.55. The maximum atomic E-state index is 11.2. The Morgan fingerprint density at radius 2 is 1.93 bits per heavy atom. The molecule has 0 amide bonds. The maximum absolute atomic E-state index is 11.2. The normalized spacial score (nSPS) is 10.6. The minimum Gasteiger partial charge on any atom is -0.468 e. The van der Waals surface area contributed by atoms with Crippen molar-refractivity contribution in [2.75, 3.05) is 0 Å². The van der Waals surface area contributed by atoms with Gasteiger partial charge in [0.1, 0.15) is 11.0 Å². The molecule has 0 aliphatic heterocycles. The molecule has 0 bridgehead atoms. The fraction of sp³-hybridized carbons (Fsp3) is 0.400. The van der Waals surface area contributed by atoms with E-state index in [9.17, 15) is 9.59 Å². The van der Waals surface area contributed by atoms with Crippen LogP contribution in [0.5, 0.6) is 0 Å². The van der Waals surface area contributed by atoms with Gasteiger partial charge >= 0.3 is 0 Å². The lowest BCUT2D eigenvalue weighted by Gasteiger charge is -2.08. The number of aryl methyl sites for hydroxylation is 1. The molecule has 0 unspecified atom stereocenters. The van der Waals surface area contributed by atoms with E-state index in [1.54, 1.807) is 19.3 Å². The van der Waals surface area contributed by atoms with Crippen LogP contribution in [0, 0.1) is 6.92 Å². The van der Waals surface area contributed by atoms with Gasteiger partial charge in [0.15, 0.2) is 11.6 Å². The summed E-state index contributed by atoms with van der Waals surface area (Å²) in [5.74, 6) is 0.494. The van der Waals surface area contributed by atoms with Gasteiger partial charge < -0.3 is 4.42 Å². The molecule has 0 aromatic carbocycles. The number of ketones is 2. The van der Waals surface area contributed by atoms with Crippen molar-refractivity contribution >= 4 is 23.3 Å². The second-order valence-electron chi connectivity index (χ2n) is 3.06. The van der Waals surface area contributed by atoms with E-state index >= 15 is 0 Å². The smallest absolute Gasteiger partial charge is 0.150 e. The average Bonchev–Trinajstić information content (AvgIpc) is 2.46.